The van der Waals surface area contributed by atoms with Crippen LogP contribution in [0, 0.1) is 6.92 Å². The average Bonchev–Trinajstić information content (AvgIpc) is 2.96. The minimum absolute atomic E-state index is 0.0437. The molecule has 0 atom stereocenters. The molecule has 1 aromatic carbocycles. The normalized spacial score (nSPS) is 16.4. The summed E-state index contributed by atoms with van der Waals surface area (Å²) in [6, 6.07) is 5.68. The van der Waals surface area contributed by atoms with Crippen LogP contribution in [-0.4, -0.2) is 34.2 Å². The number of aryl methyl sites for hydroxylation is 1. The van der Waals surface area contributed by atoms with Crippen molar-refractivity contribution in [3.05, 3.63) is 38.5 Å². The Labute approximate surface area is 173 Å². The van der Waals surface area contributed by atoms with Crippen LogP contribution in [-0.2, 0) is 20.0 Å². The molecule has 1 fully saturated rings. The summed E-state index contributed by atoms with van der Waals surface area (Å²) in [6.45, 7) is 2.64. The highest BCUT2D eigenvalue weighted by atomic mass is 35.5. The van der Waals surface area contributed by atoms with E-state index in [1.807, 2.05) is 0 Å². The Kier molecular flexibility index (Phi) is 6.10. The molecule has 0 spiro atoms. The molecule has 1 saturated heterocycles. The van der Waals surface area contributed by atoms with Gasteiger partial charge in [-0.2, -0.15) is 4.31 Å². The van der Waals surface area contributed by atoms with Gasteiger partial charge in [0.15, 0.2) is 0 Å². The van der Waals surface area contributed by atoms with E-state index < -0.39 is 20.0 Å². The van der Waals surface area contributed by atoms with Crippen molar-refractivity contribution in [3.63, 3.8) is 0 Å². The first-order chi connectivity index (χ1) is 12.6. The minimum Gasteiger partial charge on any atom is -0.279 e. The molecule has 11 heteroatoms. The number of hydrogen-bond donors (Lipinski definition) is 1. The second kappa shape index (κ2) is 7.88. The lowest BCUT2D eigenvalue weighted by Crippen LogP contribution is -2.35. The summed E-state index contributed by atoms with van der Waals surface area (Å²) in [7, 11) is -7.67. The molecule has 6 nitrogen and oxygen atoms in total. The average molecular weight is 469 g/mol. The predicted molar refractivity (Wildman–Crippen MR) is 109 cm³/mol. The number of hydrogen-bond acceptors (Lipinski definition) is 5. The molecule has 0 bridgehead atoms. The van der Waals surface area contributed by atoms with Gasteiger partial charge in [-0.1, -0.05) is 35.7 Å². The van der Waals surface area contributed by atoms with Crippen molar-refractivity contribution in [1.29, 1.82) is 0 Å². The summed E-state index contributed by atoms with van der Waals surface area (Å²) in [5, 5.41) is 0. The summed E-state index contributed by atoms with van der Waals surface area (Å²) in [5.74, 6) is 0. The summed E-state index contributed by atoms with van der Waals surface area (Å²) >= 11 is 12.7. The molecule has 2 aromatic rings. The molecule has 0 radical (unpaired) electrons. The zero-order valence-electron chi connectivity index (χ0n) is 14.4. The summed E-state index contributed by atoms with van der Waals surface area (Å²) in [5.41, 5.74) is 0.778. The number of rotatable bonds is 5. The van der Waals surface area contributed by atoms with Crippen molar-refractivity contribution >= 4 is 60.3 Å². The Hall–Kier alpha value is -0.840. The highest BCUT2D eigenvalue weighted by Crippen LogP contribution is 2.35. The lowest BCUT2D eigenvalue weighted by atomic mass is 10.2. The molecular formula is C16H18Cl2N2O4S3. The van der Waals surface area contributed by atoms with Crippen LogP contribution < -0.4 is 4.72 Å². The molecule has 148 valence electrons. The molecule has 0 unspecified atom stereocenters. The zero-order valence-corrected chi connectivity index (χ0v) is 18.4. The van der Waals surface area contributed by atoms with Gasteiger partial charge >= 0.3 is 0 Å². The monoisotopic (exact) mass is 468 g/mol. The van der Waals surface area contributed by atoms with Crippen LogP contribution in [0.25, 0.3) is 0 Å². The molecule has 1 aliphatic rings. The van der Waals surface area contributed by atoms with E-state index >= 15 is 0 Å². The number of sulfonamides is 2. The quantitative estimate of drug-likeness (QED) is 0.706. The fraction of sp³-hybridized carbons (Fsp3) is 0.375. The molecule has 0 saturated carbocycles. The van der Waals surface area contributed by atoms with Gasteiger partial charge in [0, 0.05) is 13.1 Å². The van der Waals surface area contributed by atoms with E-state index in [1.165, 1.54) is 22.5 Å². The smallest absolute Gasteiger partial charge is 0.264 e. The Bertz CT molecular complexity index is 1060. The number of anilines is 1. The minimum atomic E-state index is -4.00. The van der Waals surface area contributed by atoms with E-state index in [2.05, 4.69) is 4.72 Å². The number of nitrogens with zero attached hydrogens (tertiary/aromatic N) is 1. The molecule has 0 aliphatic carbocycles. The van der Waals surface area contributed by atoms with E-state index in [4.69, 9.17) is 23.2 Å². The van der Waals surface area contributed by atoms with Crippen molar-refractivity contribution in [2.24, 2.45) is 0 Å². The van der Waals surface area contributed by atoms with Crippen LogP contribution in [0.15, 0.2) is 34.1 Å². The highest BCUT2D eigenvalue weighted by Gasteiger charge is 2.27. The number of thiophene rings is 1. The summed E-state index contributed by atoms with van der Waals surface area (Å²) in [4.78, 5) is -0.0787. The Morgan fingerprint density at radius 2 is 1.70 bits per heavy atom. The van der Waals surface area contributed by atoms with Crippen molar-refractivity contribution in [2.75, 3.05) is 17.8 Å². The van der Waals surface area contributed by atoms with Gasteiger partial charge in [-0.15, -0.1) is 11.3 Å². The van der Waals surface area contributed by atoms with Crippen LogP contribution in [0.1, 0.15) is 24.8 Å². The van der Waals surface area contributed by atoms with Crippen molar-refractivity contribution in [3.8, 4) is 0 Å². The number of piperidine rings is 1. The second-order valence-electron chi connectivity index (χ2n) is 6.24. The molecule has 0 amide bonds. The van der Waals surface area contributed by atoms with E-state index in [9.17, 15) is 16.8 Å². The number of halogens is 2. The van der Waals surface area contributed by atoms with Crippen LogP contribution in [0.3, 0.4) is 0 Å². The maximum absolute atomic E-state index is 12.9. The first-order valence-corrected chi connectivity index (χ1v) is 12.7. The molecular weight excluding hydrogens is 451 g/mol. The van der Waals surface area contributed by atoms with Gasteiger partial charge in [-0.05, 0) is 43.5 Å². The lowest BCUT2D eigenvalue weighted by molar-refractivity contribution is 0.346. The molecule has 3 rings (SSSR count). The molecule has 1 aliphatic heterocycles. The number of benzene rings is 1. The van der Waals surface area contributed by atoms with E-state index in [1.54, 1.807) is 13.0 Å². The second-order valence-corrected chi connectivity index (χ2v) is 12.1. The summed E-state index contributed by atoms with van der Waals surface area (Å²) in [6.07, 6.45) is 2.65. The van der Waals surface area contributed by atoms with Gasteiger partial charge < -0.3 is 0 Å². The fourth-order valence-electron chi connectivity index (χ4n) is 2.83. The molecule has 1 aromatic heterocycles. The van der Waals surface area contributed by atoms with Crippen molar-refractivity contribution in [2.45, 2.75) is 36.0 Å². The highest BCUT2D eigenvalue weighted by molar-refractivity contribution is 7.93. The first kappa shape index (κ1) is 20.9. The summed E-state index contributed by atoms with van der Waals surface area (Å²) < 4.78 is 55.2. The topological polar surface area (TPSA) is 83.6 Å². The third-order valence-corrected chi connectivity index (χ3v) is 9.33. The van der Waals surface area contributed by atoms with Crippen LogP contribution in [0.4, 0.5) is 5.69 Å². The molecule has 1 N–H and O–H groups in total. The zero-order chi connectivity index (χ0) is 19.8. The van der Waals surface area contributed by atoms with E-state index in [0.29, 0.717) is 18.7 Å². The van der Waals surface area contributed by atoms with Crippen LogP contribution >= 0.6 is 34.5 Å². The van der Waals surface area contributed by atoms with E-state index in [0.717, 1.165) is 30.6 Å². The van der Waals surface area contributed by atoms with Crippen LogP contribution in [0.2, 0.25) is 8.67 Å². The van der Waals surface area contributed by atoms with Gasteiger partial charge in [0.1, 0.15) is 9.23 Å². The first-order valence-electron chi connectivity index (χ1n) is 8.20. The molecule has 2 heterocycles. The Morgan fingerprint density at radius 1 is 1.04 bits per heavy atom. The van der Waals surface area contributed by atoms with Gasteiger partial charge in [-0.3, -0.25) is 4.72 Å². The number of nitrogens with one attached hydrogen (secondary N) is 1. The van der Waals surface area contributed by atoms with E-state index in [-0.39, 0.29) is 24.2 Å². The Morgan fingerprint density at radius 3 is 2.30 bits per heavy atom. The molecule has 27 heavy (non-hydrogen) atoms. The van der Waals surface area contributed by atoms with Gasteiger partial charge in [-0.25, -0.2) is 16.8 Å². The Balaban J connectivity index is 1.95. The lowest BCUT2D eigenvalue weighted by Gasteiger charge is -2.26. The fourth-order valence-corrected chi connectivity index (χ4v) is 7.65. The van der Waals surface area contributed by atoms with Crippen molar-refractivity contribution < 1.29 is 16.8 Å². The third kappa shape index (κ3) is 4.44. The third-order valence-electron chi connectivity index (χ3n) is 4.32. The largest absolute Gasteiger partial charge is 0.279 e. The predicted octanol–water partition coefficient (Wildman–Crippen LogP) is 4.34. The maximum Gasteiger partial charge on any atom is 0.264 e. The maximum atomic E-state index is 12.9. The van der Waals surface area contributed by atoms with Crippen LogP contribution in [0.5, 0.6) is 0 Å². The van der Waals surface area contributed by atoms with Gasteiger partial charge in [0.05, 0.1) is 14.9 Å². The van der Waals surface area contributed by atoms with Gasteiger partial charge in [0.2, 0.25) is 10.0 Å². The van der Waals surface area contributed by atoms with Crippen molar-refractivity contribution in [1.82, 2.24) is 4.31 Å². The van der Waals surface area contributed by atoms with Gasteiger partial charge in [0.25, 0.3) is 10.0 Å². The SMILES string of the molecule is Cc1ccc(S(=O)(=O)N2CCCCC2)cc1NS(=O)(=O)c1cc(Cl)sc1Cl. The standard InChI is InChI=1S/C16H18Cl2N2O4S3/c1-11-5-6-12(27(23,24)20-7-3-2-4-8-20)9-13(11)19-26(21,22)14-10-15(17)25-16(14)18/h5-6,9-10,19H,2-4,7-8H2,1H3.